The third kappa shape index (κ3) is 3.39. The molecule has 0 aliphatic carbocycles. The first kappa shape index (κ1) is 20.1. The average Bonchev–Trinajstić information content (AvgIpc) is 2.77. The van der Waals surface area contributed by atoms with Gasteiger partial charge < -0.3 is 5.32 Å². The van der Waals surface area contributed by atoms with Crippen LogP contribution in [0.25, 0.3) is 22.3 Å². The summed E-state index contributed by atoms with van der Waals surface area (Å²) >= 11 is 0. The van der Waals surface area contributed by atoms with E-state index >= 15 is 0 Å². The van der Waals surface area contributed by atoms with Crippen molar-refractivity contribution in [3.05, 3.63) is 81.8 Å². The van der Waals surface area contributed by atoms with E-state index in [1.165, 1.54) is 24.5 Å². The summed E-state index contributed by atoms with van der Waals surface area (Å²) in [5.74, 6) is -6.54. The summed E-state index contributed by atoms with van der Waals surface area (Å²) in [5.41, 5.74) is -2.08. The van der Waals surface area contributed by atoms with Crippen LogP contribution in [0.4, 0.5) is 34.6 Å². The monoisotopic (exact) mass is 429 g/mol. The Balaban J connectivity index is 1.97. The molecule has 0 saturated heterocycles. The van der Waals surface area contributed by atoms with Crippen LogP contribution >= 0.6 is 0 Å². The van der Waals surface area contributed by atoms with Crippen LogP contribution in [-0.4, -0.2) is 19.9 Å². The van der Waals surface area contributed by atoms with Crippen molar-refractivity contribution in [2.45, 2.75) is 6.92 Å². The highest BCUT2D eigenvalue weighted by Crippen LogP contribution is 2.36. The predicted octanol–water partition coefficient (Wildman–Crippen LogP) is 5.21. The maximum Gasteiger partial charge on any atom is 0.310 e. The fraction of sp³-hybridized carbons (Fsp3) is 0.0500. The second-order valence-electron chi connectivity index (χ2n) is 6.46. The van der Waals surface area contributed by atoms with Crippen LogP contribution in [0, 0.1) is 40.3 Å². The van der Waals surface area contributed by atoms with Crippen LogP contribution in [0.3, 0.4) is 0 Å². The van der Waals surface area contributed by atoms with Crippen molar-refractivity contribution in [3.8, 4) is 11.3 Å². The molecule has 1 aromatic carbocycles. The minimum absolute atomic E-state index is 0.0281. The SMILES string of the molecule is Cc1c(F)c(F)c(F)c(-c2cc(Nc3ccncc3[N+](=O)[O-])c3cccnc3n2)c1F. The number of halogens is 4. The predicted molar refractivity (Wildman–Crippen MR) is 104 cm³/mol. The second-order valence-corrected chi connectivity index (χ2v) is 6.46. The van der Waals surface area contributed by atoms with E-state index in [1.54, 1.807) is 12.1 Å². The molecule has 11 heteroatoms. The molecule has 0 spiro atoms. The summed E-state index contributed by atoms with van der Waals surface area (Å²) < 4.78 is 56.9. The van der Waals surface area contributed by atoms with Crippen LogP contribution in [-0.2, 0) is 0 Å². The van der Waals surface area contributed by atoms with Gasteiger partial charge in [0.2, 0.25) is 0 Å². The Morgan fingerprint density at radius 2 is 1.77 bits per heavy atom. The fourth-order valence-electron chi connectivity index (χ4n) is 3.05. The highest BCUT2D eigenvalue weighted by atomic mass is 19.2. The standard InChI is InChI=1S/C20H11F4N5O2/c1-9-16(21)15(18(23)19(24)17(9)22)13-7-12(10-3-2-5-26-20(10)28-13)27-11-4-6-25-8-14(11)29(30)31/h2-8H,1H3,(H,25,26,27,28). The summed E-state index contributed by atoms with van der Waals surface area (Å²) in [6, 6.07) is 5.66. The van der Waals surface area contributed by atoms with Crippen molar-refractivity contribution in [1.82, 2.24) is 15.0 Å². The van der Waals surface area contributed by atoms with Gasteiger partial charge in [-0.2, -0.15) is 0 Å². The number of hydrogen-bond donors (Lipinski definition) is 1. The summed E-state index contributed by atoms with van der Waals surface area (Å²) in [6.45, 7) is 0.968. The van der Waals surface area contributed by atoms with Gasteiger partial charge in [-0.15, -0.1) is 0 Å². The van der Waals surface area contributed by atoms with E-state index in [4.69, 9.17) is 0 Å². The van der Waals surface area contributed by atoms with Gasteiger partial charge in [-0.1, -0.05) is 0 Å². The number of nitrogens with zero attached hydrogens (tertiary/aromatic N) is 4. The molecule has 0 amide bonds. The first-order valence-electron chi connectivity index (χ1n) is 8.73. The zero-order valence-electron chi connectivity index (χ0n) is 15.7. The molecule has 0 aliphatic rings. The lowest BCUT2D eigenvalue weighted by atomic mass is 10.0. The number of nitrogens with one attached hydrogen (secondary N) is 1. The topological polar surface area (TPSA) is 93.8 Å². The Hall–Kier alpha value is -4.15. The highest BCUT2D eigenvalue weighted by molar-refractivity contribution is 5.94. The van der Waals surface area contributed by atoms with Crippen LogP contribution in [0.2, 0.25) is 0 Å². The minimum Gasteiger partial charge on any atom is -0.349 e. The molecule has 0 aliphatic heterocycles. The Morgan fingerprint density at radius 3 is 2.52 bits per heavy atom. The Labute approximate surface area is 171 Å². The van der Waals surface area contributed by atoms with Gasteiger partial charge in [0.1, 0.15) is 17.7 Å². The zero-order valence-corrected chi connectivity index (χ0v) is 15.7. The molecule has 0 unspecified atom stereocenters. The molecule has 156 valence electrons. The zero-order chi connectivity index (χ0) is 22.3. The molecule has 4 aromatic rings. The van der Waals surface area contributed by atoms with E-state index < -0.39 is 39.3 Å². The molecule has 0 fully saturated rings. The number of nitro groups is 1. The second kappa shape index (κ2) is 7.59. The number of rotatable bonds is 4. The maximum atomic E-state index is 14.7. The summed E-state index contributed by atoms with van der Waals surface area (Å²) in [4.78, 5) is 22.4. The smallest absolute Gasteiger partial charge is 0.310 e. The largest absolute Gasteiger partial charge is 0.349 e. The van der Waals surface area contributed by atoms with Gasteiger partial charge in [0, 0.05) is 23.3 Å². The fourth-order valence-corrected chi connectivity index (χ4v) is 3.05. The molecule has 0 saturated carbocycles. The maximum absolute atomic E-state index is 14.7. The van der Waals surface area contributed by atoms with E-state index in [0.29, 0.717) is 5.39 Å². The van der Waals surface area contributed by atoms with Crippen molar-refractivity contribution >= 4 is 28.1 Å². The molecule has 3 aromatic heterocycles. The summed E-state index contributed by atoms with van der Waals surface area (Å²) in [5, 5.41) is 14.5. The molecule has 1 N–H and O–H groups in total. The Kier molecular flexibility index (Phi) is 4.93. The van der Waals surface area contributed by atoms with E-state index in [9.17, 15) is 27.7 Å². The van der Waals surface area contributed by atoms with Crippen molar-refractivity contribution < 1.29 is 22.5 Å². The van der Waals surface area contributed by atoms with Gasteiger partial charge in [0.15, 0.2) is 23.1 Å². The molecule has 3 heterocycles. The van der Waals surface area contributed by atoms with E-state index in [-0.39, 0.29) is 28.4 Å². The molecular formula is C20H11F4N5O2. The van der Waals surface area contributed by atoms with Gasteiger partial charge in [0.05, 0.1) is 21.9 Å². The van der Waals surface area contributed by atoms with Crippen LogP contribution in [0.1, 0.15) is 5.56 Å². The third-order valence-electron chi connectivity index (χ3n) is 4.59. The number of aromatic nitrogens is 3. The number of benzene rings is 1. The lowest BCUT2D eigenvalue weighted by Crippen LogP contribution is -2.05. The highest BCUT2D eigenvalue weighted by Gasteiger charge is 2.26. The van der Waals surface area contributed by atoms with Crippen LogP contribution in [0.15, 0.2) is 42.9 Å². The van der Waals surface area contributed by atoms with Crippen LogP contribution in [0.5, 0.6) is 0 Å². The lowest BCUT2D eigenvalue weighted by Gasteiger charge is -2.14. The quantitative estimate of drug-likeness (QED) is 0.157. The average molecular weight is 429 g/mol. The van der Waals surface area contributed by atoms with E-state index in [1.807, 2.05) is 0 Å². The molecule has 31 heavy (non-hydrogen) atoms. The van der Waals surface area contributed by atoms with Crippen LogP contribution < -0.4 is 5.32 Å². The Bertz CT molecular complexity index is 1330. The first-order chi connectivity index (χ1) is 14.8. The van der Waals surface area contributed by atoms with Crippen molar-refractivity contribution in [2.24, 2.45) is 0 Å². The number of fused-ring (bicyclic) bond motifs is 1. The number of pyridine rings is 3. The van der Waals surface area contributed by atoms with Crippen molar-refractivity contribution in [1.29, 1.82) is 0 Å². The molecule has 4 rings (SSSR count). The molecule has 7 nitrogen and oxygen atoms in total. The minimum atomic E-state index is -1.84. The van der Waals surface area contributed by atoms with Crippen molar-refractivity contribution in [2.75, 3.05) is 5.32 Å². The van der Waals surface area contributed by atoms with Gasteiger partial charge in [-0.3, -0.25) is 15.1 Å². The molecule has 0 bridgehead atoms. The molecular weight excluding hydrogens is 418 g/mol. The van der Waals surface area contributed by atoms with E-state index in [2.05, 4.69) is 20.3 Å². The molecule has 0 radical (unpaired) electrons. The Morgan fingerprint density at radius 1 is 1.00 bits per heavy atom. The molecule has 0 atom stereocenters. The number of anilines is 2. The van der Waals surface area contributed by atoms with Crippen molar-refractivity contribution in [3.63, 3.8) is 0 Å². The van der Waals surface area contributed by atoms with Gasteiger partial charge >= 0.3 is 5.69 Å². The lowest BCUT2D eigenvalue weighted by molar-refractivity contribution is -0.384. The third-order valence-corrected chi connectivity index (χ3v) is 4.59. The van der Waals surface area contributed by atoms with Gasteiger partial charge in [0.25, 0.3) is 0 Å². The van der Waals surface area contributed by atoms with E-state index in [0.717, 1.165) is 13.1 Å². The summed E-state index contributed by atoms with van der Waals surface area (Å²) in [7, 11) is 0. The van der Waals surface area contributed by atoms with Gasteiger partial charge in [-0.05, 0) is 31.2 Å². The first-order valence-corrected chi connectivity index (χ1v) is 8.73. The normalized spacial score (nSPS) is 11.0. The van der Waals surface area contributed by atoms with Gasteiger partial charge in [-0.25, -0.2) is 27.5 Å². The summed E-state index contributed by atoms with van der Waals surface area (Å²) in [6.07, 6.45) is 3.72. The number of hydrogen-bond acceptors (Lipinski definition) is 6.